The Morgan fingerprint density at radius 2 is 2.23 bits per heavy atom. The van der Waals surface area contributed by atoms with Gasteiger partial charge in [-0.05, 0) is 37.1 Å². The molecule has 4 rings (SSSR count). The summed E-state index contributed by atoms with van der Waals surface area (Å²) in [6, 6.07) is 9.33. The zero-order valence-corrected chi connectivity index (χ0v) is 15.3. The third-order valence-corrected chi connectivity index (χ3v) is 5.55. The second-order valence-electron chi connectivity index (χ2n) is 6.14. The molecule has 3 aromatic heterocycles. The van der Waals surface area contributed by atoms with E-state index in [0.29, 0.717) is 10.6 Å². The van der Waals surface area contributed by atoms with E-state index in [1.165, 1.54) is 0 Å². The lowest BCUT2D eigenvalue weighted by Gasteiger charge is -2.22. The number of halogens is 1. The van der Waals surface area contributed by atoms with Crippen LogP contribution < -0.4 is 0 Å². The van der Waals surface area contributed by atoms with Gasteiger partial charge in [0.05, 0.1) is 44.7 Å². The van der Waals surface area contributed by atoms with Gasteiger partial charge in [0.2, 0.25) is 0 Å². The molecule has 130 valence electrons. The largest absolute Gasteiger partial charge is 0.386 e. The lowest BCUT2D eigenvalue weighted by Crippen LogP contribution is -2.22. The summed E-state index contributed by atoms with van der Waals surface area (Å²) in [5, 5.41) is 9.85. The Morgan fingerprint density at radius 3 is 2.96 bits per heavy atom. The van der Waals surface area contributed by atoms with Crippen LogP contribution in [0.4, 0.5) is 0 Å². The number of carbonyl (C=O) groups excluding carboxylic acids is 1. The zero-order valence-electron chi connectivity index (χ0n) is 13.7. The highest BCUT2D eigenvalue weighted by atomic mass is 35.5. The molecule has 0 spiro atoms. The number of pyridine rings is 2. The maximum atomic E-state index is 12.0. The molecule has 3 heterocycles. The Labute approximate surface area is 159 Å². The smallest absolute Gasteiger partial charge is 0.321 e. The van der Waals surface area contributed by atoms with Crippen molar-refractivity contribution in [3.8, 4) is 17.3 Å². The monoisotopic (exact) mass is 383 g/mol. The molecule has 0 aliphatic heterocycles. The second kappa shape index (κ2) is 7.02. The van der Waals surface area contributed by atoms with E-state index in [2.05, 4.69) is 11.1 Å². The first-order chi connectivity index (χ1) is 12.7. The standard InChI is InChI=1S/C19H14ClN3O2S/c20-14-8-17-13(9-21)4-5-16(23(17)11-14)15-10-22-7-6-18(15)26-25-19(24)12-2-1-3-12/h4-8,10-12H,1-3H2. The van der Waals surface area contributed by atoms with Crippen LogP contribution in [-0.2, 0) is 8.98 Å². The third-order valence-electron chi connectivity index (χ3n) is 4.56. The summed E-state index contributed by atoms with van der Waals surface area (Å²) < 4.78 is 7.28. The van der Waals surface area contributed by atoms with Crippen LogP contribution in [0.3, 0.4) is 0 Å². The van der Waals surface area contributed by atoms with Gasteiger partial charge < -0.3 is 8.58 Å². The van der Waals surface area contributed by atoms with Gasteiger partial charge in [0.15, 0.2) is 0 Å². The highest BCUT2D eigenvalue weighted by molar-refractivity contribution is 7.95. The number of carbonyl (C=O) groups is 1. The number of nitrogens with zero attached hydrogens (tertiary/aromatic N) is 3. The first-order valence-corrected chi connectivity index (χ1v) is 9.33. The maximum Gasteiger partial charge on any atom is 0.321 e. The highest BCUT2D eigenvalue weighted by Gasteiger charge is 2.27. The molecular formula is C19H14ClN3O2S. The van der Waals surface area contributed by atoms with Gasteiger partial charge in [0.25, 0.3) is 0 Å². The molecule has 0 radical (unpaired) electrons. The van der Waals surface area contributed by atoms with Gasteiger partial charge in [-0.1, -0.05) is 18.0 Å². The average Bonchev–Trinajstić information content (AvgIpc) is 2.99. The van der Waals surface area contributed by atoms with Crippen LogP contribution in [0.25, 0.3) is 16.8 Å². The van der Waals surface area contributed by atoms with Gasteiger partial charge >= 0.3 is 5.97 Å². The molecular weight excluding hydrogens is 370 g/mol. The highest BCUT2D eigenvalue weighted by Crippen LogP contribution is 2.35. The quantitative estimate of drug-likeness (QED) is 0.601. The van der Waals surface area contributed by atoms with E-state index in [0.717, 1.165) is 53.0 Å². The summed E-state index contributed by atoms with van der Waals surface area (Å²) in [5.74, 6) is -0.143. The molecule has 0 N–H and O–H groups in total. The minimum absolute atomic E-state index is 0.0256. The second-order valence-corrected chi connectivity index (χ2v) is 7.35. The van der Waals surface area contributed by atoms with E-state index in [1.54, 1.807) is 30.7 Å². The van der Waals surface area contributed by atoms with Crippen molar-refractivity contribution < 1.29 is 8.98 Å². The lowest BCUT2D eigenvalue weighted by molar-refractivity contribution is -0.140. The number of fused-ring (bicyclic) bond motifs is 1. The van der Waals surface area contributed by atoms with Crippen molar-refractivity contribution >= 4 is 35.1 Å². The molecule has 0 saturated heterocycles. The summed E-state index contributed by atoms with van der Waals surface area (Å²) in [6.45, 7) is 0. The van der Waals surface area contributed by atoms with Crippen molar-refractivity contribution in [1.82, 2.24) is 9.38 Å². The van der Waals surface area contributed by atoms with Gasteiger partial charge in [0.1, 0.15) is 6.07 Å². The van der Waals surface area contributed by atoms with Crippen LogP contribution in [0.1, 0.15) is 24.8 Å². The molecule has 7 heteroatoms. The fourth-order valence-electron chi connectivity index (χ4n) is 2.92. The summed E-state index contributed by atoms with van der Waals surface area (Å²) >= 11 is 7.20. The molecule has 0 unspecified atom stereocenters. The van der Waals surface area contributed by atoms with Crippen molar-refractivity contribution in [2.45, 2.75) is 24.2 Å². The first-order valence-electron chi connectivity index (χ1n) is 8.21. The number of hydrogen-bond donors (Lipinski definition) is 0. The van der Waals surface area contributed by atoms with E-state index in [-0.39, 0.29) is 11.9 Å². The minimum atomic E-state index is -0.169. The minimum Gasteiger partial charge on any atom is -0.386 e. The average molecular weight is 384 g/mol. The van der Waals surface area contributed by atoms with Crippen molar-refractivity contribution in [1.29, 1.82) is 5.26 Å². The van der Waals surface area contributed by atoms with Gasteiger partial charge in [0, 0.05) is 24.2 Å². The molecule has 1 saturated carbocycles. The van der Waals surface area contributed by atoms with Crippen molar-refractivity contribution in [3.05, 3.63) is 53.4 Å². The SMILES string of the molecule is N#Cc1ccc(-c2cnccc2SOC(=O)C2CCC2)n2cc(Cl)cc12. The Bertz CT molecular complexity index is 1040. The molecule has 0 aromatic carbocycles. The van der Waals surface area contributed by atoms with Crippen molar-refractivity contribution in [2.75, 3.05) is 0 Å². The van der Waals surface area contributed by atoms with Gasteiger partial charge in [-0.25, -0.2) is 0 Å². The molecule has 0 amide bonds. The number of aromatic nitrogens is 2. The van der Waals surface area contributed by atoms with Crippen LogP contribution >= 0.6 is 23.6 Å². The Hall–Kier alpha value is -2.49. The predicted molar refractivity (Wildman–Crippen MR) is 99.6 cm³/mol. The van der Waals surface area contributed by atoms with Gasteiger partial charge in [-0.15, -0.1) is 0 Å². The van der Waals surface area contributed by atoms with Crippen LogP contribution in [-0.4, -0.2) is 15.4 Å². The van der Waals surface area contributed by atoms with E-state index in [4.69, 9.17) is 15.8 Å². The van der Waals surface area contributed by atoms with Gasteiger partial charge in [-0.2, -0.15) is 5.26 Å². The van der Waals surface area contributed by atoms with Crippen molar-refractivity contribution in [3.63, 3.8) is 0 Å². The zero-order chi connectivity index (χ0) is 18.1. The number of hydrogen-bond acceptors (Lipinski definition) is 5. The molecule has 3 aromatic rings. The summed E-state index contributed by atoms with van der Waals surface area (Å²) in [6.07, 6.45) is 8.03. The number of rotatable bonds is 4. The lowest BCUT2D eigenvalue weighted by atomic mass is 9.86. The third kappa shape index (κ3) is 3.05. The molecule has 0 bridgehead atoms. The van der Waals surface area contributed by atoms with Gasteiger partial charge in [-0.3, -0.25) is 9.78 Å². The van der Waals surface area contributed by atoms with Crippen LogP contribution in [0, 0.1) is 17.2 Å². The van der Waals surface area contributed by atoms with Crippen molar-refractivity contribution in [2.24, 2.45) is 5.92 Å². The van der Waals surface area contributed by atoms with E-state index < -0.39 is 0 Å². The van der Waals surface area contributed by atoms with Crippen LogP contribution in [0.15, 0.2) is 47.8 Å². The fraction of sp³-hybridized carbons (Fsp3) is 0.211. The molecule has 26 heavy (non-hydrogen) atoms. The summed E-state index contributed by atoms with van der Waals surface area (Å²) in [4.78, 5) is 17.0. The maximum absolute atomic E-state index is 12.0. The molecule has 0 atom stereocenters. The normalized spacial score (nSPS) is 14.0. The Morgan fingerprint density at radius 1 is 1.38 bits per heavy atom. The van der Waals surface area contributed by atoms with E-state index in [9.17, 15) is 10.1 Å². The van der Waals surface area contributed by atoms with Crippen LogP contribution in [0.2, 0.25) is 5.02 Å². The summed E-state index contributed by atoms with van der Waals surface area (Å²) in [5.41, 5.74) is 2.89. The topological polar surface area (TPSA) is 67.4 Å². The molecule has 1 aliphatic rings. The first kappa shape index (κ1) is 17.0. The van der Waals surface area contributed by atoms with E-state index in [1.807, 2.05) is 16.5 Å². The molecule has 1 fully saturated rings. The van der Waals surface area contributed by atoms with Crippen LogP contribution in [0.5, 0.6) is 0 Å². The fourth-order valence-corrected chi connectivity index (χ4v) is 3.80. The van der Waals surface area contributed by atoms with E-state index >= 15 is 0 Å². The summed E-state index contributed by atoms with van der Waals surface area (Å²) in [7, 11) is 0. The number of nitriles is 1. The molecule has 5 nitrogen and oxygen atoms in total. The predicted octanol–water partition coefficient (Wildman–Crippen LogP) is 4.88. The Kier molecular flexibility index (Phi) is 4.58. The Balaban J connectivity index is 1.71. The molecule has 1 aliphatic carbocycles.